The van der Waals surface area contributed by atoms with Gasteiger partial charge >= 0.3 is 6.03 Å². The fourth-order valence-corrected chi connectivity index (χ4v) is 3.14. The number of rotatable bonds is 6. The van der Waals surface area contributed by atoms with Crippen molar-refractivity contribution >= 4 is 6.03 Å². The highest BCUT2D eigenvalue weighted by molar-refractivity contribution is 5.72. The topological polar surface area (TPSA) is 55.6 Å². The lowest BCUT2D eigenvalue weighted by molar-refractivity contribution is 0.178. The molecule has 1 aliphatic heterocycles. The van der Waals surface area contributed by atoms with Gasteiger partial charge in [0.05, 0.1) is 0 Å². The molecule has 0 aliphatic carbocycles. The predicted octanol–water partition coefficient (Wildman–Crippen LogP) is 4.68. The number of nitrogens with two attached hydrogens (primary N) is 1. The van der Waals surface area contributed by atoms with Crippen molar-refractivity contribution in [1.82, 2.24) is 4.90 Å². The summed E-state index contributed by atoms with van der Waals surface area (Å²) in [7, 11) is 1.66. The summed E-state index contributed by atoms with van der Waals surface area (Å²) in [6.45, 7) is 6.48. The summed E-state index contributed by atoms with van der Waals surface area (Å²) in [4.78, 5) is 12.4. The number of ether oxygens (including phenoxy) is 1. The molecule has 1 heterocycles. The third kappa shape index (κ3) is 7.68. The van der Waals surface area contributed by atoms with Gasteiger partial charge in [-0.3, -0.25) is 0 Å². The van der Waals surface area contributed by atoms with Crippen LogP contribution in [0.15, 0.2) is 18.2 Å². The molecule has 2 rings (SSSR count). The van der Waals surface area contributed by atoms with E-state index in [4.69, 9.17) is 10.5 Å². The number of halogens is 2. The van der Waals surface area contributed by atoms with E-state index in [9.17, 15) is 13.6 Å². The van der Waals surface area contributed by atoms with Gasteiger partial charge < -0.3 is 15.4 Å². The smallest absolute Gasteiger partial charge is 0.314 e. The second-order valence-corrected chi connectivity index (χ2v) is 7.06. The van der Waals surface area contributed by atoms with Crippen LogP contribution in [0.25, 0.3) is 0 Å². The van der Waals surface area contributed by atoms with Crippen molar-refractivity contribution < 1.29 is 18.3 Å². The van der Waals surface area contributed by atoms with E-state index >= 15 is 0 Å². The molecule has 6 heteroatoms. The number of amides is 2. The maximum atomic E-state index is 13.4. The van der Waals surface area contributed by atoms with Crippen molar-refractivity contribution in [3.8, 4) is 0 Å². The molecule has 148 valence electrons. The van der Waals surface area contributed by atoms with E-state index in [1.807, 2.05) is 6.92 Å². The quantitative estimate of drug-likeness (QED) is 0.739. The highest BCUT2D eigenvalue weighted by Gasteiger charge is 2.18. The van der Waals surface area contributed by atoms with E-state index in [2.05, 4.69) is 6.92 Å². The van der Waals surface area contributed by atoms with Gasteiger partial charge in [0, 0.05) is 26.8 Å². The molecule has 2 N–H and O–H groups in total. The summed E-state index contributed by atoms with van der Waals surface area (Å²) in [6.07, 6.45) is 5.10. The summed E-state index contributed by atoms with van der Waals surface area (Å²) in [6, 6.07) is 4.08. The number of nitrogens with zero attached hydrogens (tertiary/aromatic N) is 1. The minimum absolute atomic E-state index is 0.0487. The number of urea groups is 1. The van der Waals surface area contributed by atoms with E-state index < -0.39 is 11.6 Å². The first-order valence-corrected chi connectivity index (χ1v) is 9.34. The number of likely N-dealkylation sites (tertiary alicyclic amines) is 1. The minimum Gasteiger partial charge on any atom is -0.385 e. The fraction of sp³-hybridized carbons (Fsp3) is 0.650. The fourth-order valence-electron chi connectivity index (χ4n) is 3.14. The van der Waals surface area contributed by atoms with E-state index in [1.165, 1.54) is 6.42 Å². The van der Waals surface area contributed by atoms with Crippen LogP contribution in [0.3, 0.4) is 0 Å². The van der Waals surface area contributed by atoms with Crippen LogP contribution in [0.4, 0.5) is 13.6 Å². The number of hydrogen-bond acceptors (Lipinski definition) is 2. The molecule has 1 aromatic carbocycles. The monoisotopic (exact) mass is 370 g/mol. The van der Waals surface area contributed by atoms with Crippen LogP contribution >= 0.6 is 0 Å². The second kappa shape index (κ2) is 11.8. The Balaban J connectivity index is 0.000000289. The summed E-state index contributed by atoms with van der Waals surface area (Å²) >= 11 is 0. The molecule has 2 amide bonds. The van der Waals surface area contributed by atoms with Gasteiger partial charge in [-0.05, 0) is 49.1 Å². The Bertz CT molecular complexity index is 555. The third-order valence-corrected chi connectivity index (χ3v) is 4.72. The maximum absolute atomic E-state index is 13.4. The molecule has 0 saturated carbocycles. The zero-order chi connectivity index (χ0) is 19.5. The third-order valence-electron chi connectivity index (χ3n) is 4.72. The summed E-state index contributed by atoms with van der Waals surface area (Å²) < 4.78 is 31.4. The molecule has 2 unspecified atom stereocenters. The van der Waals surface area contributed by atoms with Crippen molar-refractivity contribution in [3.05, 3.63) is 35.4 Å². The van der Waals surface area contributed by atoms with Gasteiger partial charge in [-0.15, -0.1) is 0 Å². The van der Waals surface area contributed by atoms with Crippen molar-refractivity contribution in [2.75, 3.05) is 26.8 Å². The number of hydrogen-bond donors (Lipinski definition) is 1. The van der Waals surface area contributed by atoms with Crippen molar-refractivity contribution in [2.45, 2.75) is 51.9 Å². The molecule has 1 saturated heterocycles. The van der Waals surface area contributed by atoms with Gasteiger partial charge in [0.25, 0.3) is 0 Å². The van der Waals surface area contributed by atoms with Crippen LogP contribution in [-0.2, 0) is 4.74 Å². The Hall–Kier alpha value is -1.69. The number of methoxy groups -OCH3 is 1. The molecule has 2 atom stereocenters. The van der Waals surface area contributed by atoms with Gasteiger partial charge in [0.1, 0.15) is 0 Å². The molecule has 1 aromatic rings. The largest absolute Gasteiger partial charge is 0.385 e. The SMILES string of the molecule is CC1CCCN(C(N)=O)C1.COCCCCC(C)c1cccc(F)c1F. The second-order valence-electron chi connectivity index (χ2n) is 7.06. The van der Waals surface area contributed by atoms with Gasteiger partial charge in [-0.25, -0.2) is 13.6 Å². The maximum Gasteiger partial charge on any atom is 0.314 e. The number of piperidine rings is 1. The Morgan fingerprint density at radius 1 is 1.38 bits per heavy atom. The van der Waals surface area contributed by atoms with Crippen LogP contribution in [0.2, 0.25) is 0 Å². The number of carbonyl (C=O) groups is 1. The van der Waals surface area contributed by atoms with Crippen LogP contribution in [0.1, 0.15) is 57.4 Å². The lowest BCUT2D eigenvalue weighted by Gasteiger charge is -2.29. The summed E-state index contributed by atoms with van der Waals surface area (Å²) in [5, 5.41) is 0. The van der Waals surface area contributed by atoms with Gasteiger partial charge in [-0.2, -0.15) is 0 Å². The first-order chi connectivity index (χ1) is 12.4. The Morgan fingerprint density at radius 2 is 2.12 bits per heavy atom. The minimum atomic E-state index is -0.763. The molecular weight excluding hydrogens is 338 g/mol. The molecule has 0 bridgehead atoms. The lowest BCUT2D eigenvalue weighted by atomic mass is 9.95. The molecule has 1 aliphatic rings. The molecule has 1 fully saturated rings. The summed E-state index contributed by atoms with van der Waals surface area (Å²) in [5.74, 6) is -0.795. The van der Waals surface area contributed by atoms with Crippen molar-refractivity contribution in [2.24, 2.45) is 11.7 Å². The highest BCUT2D eigenvalue weighted by atomic mass is 19.2. The molecule has 0 radical (unpaired) electrons. The molecule has 0 aromatic heterocycles. The van der Waals surface area contributed by atoms with Gasteiger partial charge in [0.2, 0.25) is 0 Å². The summed E-state index contributed by atoms with van der Waals surface area (Å²) in [5.41, 5.74) is 5.59. The standard InChI is InChI=1S/C13H18F2O.C7H14N2O/c1-10(6-3-4-9-16-2)11-7-5-8-12(14)13(11)15;1-6-3-2-4-9(5-6)7(8)10/h5,7-8,10H,3-4,6,9H2,1-2H3;6H,2-5H2,1H3,(H2,8,10). The molecular formula is C20H32F2N2O2. The van der Waals surface area contributed by atoms with E-state index in [1.54, 1.807) is 24.1 Å². The van der Waals surface area contributed by atoms with Crippen molar-refractivity contribution in [1.29, 1.82) is 0 Å². The molecule has 4 nitrogen and oxygen atoms in total. The Kier molecular flexibility index (Phi) is 10.2. The van der Waals surface area contributed by atoms with Crippen LogP contribution < -0.4 is 5.73 Å². The average Bonchev–Trinajstić information content (AvgIpc) is 2.61. The van der Waals surface area contributed by atoms with Gasteiger partial charge in [0.15, 0.2) is 11.6 Å². The van der Waals surface area contributed by atoms with E-state index in [-0.39, 0.29) is 11.9 Å². The average molecular weight is 370 g/mol. The number of unbranched alkanes of at least 4 members (excludes halogenated alkanes) is 1. The predicted molar refractivity (Wildman–Crippen MR) is 100 cm³/mol. The van der Waals surface area contributed by atoms with Crippen molar-refractivity contribution in [3.63, 3.8) is 0 Å². The van der Waals surface area contributed by atoms with Crippen LogP contribution in [0.5, 0.6) is 0 Å². The van der Waals surface area contributed by atoms with E-state index in [0.29, 0.717) is 11.5 Å². The Labute approximate surface area is 155 Å². The zero-order valence-corrected chi connectivity index (χ0v) is 16.1. The first kappa shape index (κ1) is 22.4. The Morgan fingerprint density at radius 3 is 2.69 bits per heavy atom. The number of primary amides is 1. The lowest BCUT2D eigenvalue weighted by Crippen LogP contribution is -2.42. The normalized spacial score (nSPS) is 18.0. The van der Waals surface area contributed by atoms with Crippen LogP contribution in [0, 0.1) is 17.6 Å². The highest BCUT2D eigenvalue weighted by Crippen LogP contribution is 2.25. The number of carbonyl (C=O) groups excluding carboxylic acids is 1. The number of benzene rings is 1. The molecule has 26 heavy (non-hydrogen) atoms. The first-order valence-electron chi connectivity index (χ1n) is 9.34. The van der Waals surface area contributed by atoms with Crippen LogP contribution in [-0.4, -0.2) is 37.7 Å². The molecule has 0 spiro atoms. The van der Waals surface area contributed by atoms with Gasteiger partial charge in [-0.1, -0.05) is 32.4 Å². The van der Waals surface area contributed by atoms with E-state index in [0.717, 1.165) is 51.4 Å². The zero-order valence-electron chi connectivity index (χ0n) is 16.1.